The van der Waals surface area contributed by atoms with Crippen LogP contribution in [0.3, 0.4) is 0 Å². The highest BCUT2D eigenvalue weighted by atomic mass is 16.6. The summed E-state index contributed by atoms with van der Waals surface area (Å²) in [4.78, 5) is 25.9. The highest BCUT2D eigenvalue weighted by Crippen LogP contribution is 2.18. The second kappa shape index (κ2) is 5.18. The molecule has 0 aliphatic carbocycles. The van der Waals surface area contributed by atoms with Crippen molar-refractivity contribution in [3.05, 3.63) is 70.0 Å². The smallest absolute Gasteiger partial charge is 0.291 e. The molecule has 0 aliphatic rings. The number of nitro groups is 1. The number of benzene rings is 1. The van der Waals surface area contributed by atoms with Crippen LogP contribution >= 0.6 is 0 Å². The van der Waals surface area contributed by atoms with E-state index in [1.54, 1.807) is 24.3 Å². The Bertz CT molecular complexity index is 582. The van der Waals surface area contributed by atoms with Gasteiger partial charge in [0.1, 0.15) is 6.20 Å². The zero-order chi connectivity index (χ0) is 13.0. The molecule has 5 heteroatoms. The molecule has 0 spiro atoms. The maximum atomic E-state index is 11.9. The molecule has 0 saturated carbocycles. The summed E-state index contributed by atoms with van der Waals surface area (Å²) in [6.07, 6.45) is 2.61. The molecule has 1 aromatic carbocycles. The van der Waals surface area contributed by atoms with Gasteiger partial charge in [0.25, 0.3) is 5.69 Å². The number of hydrogen-bond acceptors (Lipinski definition) is 4. The fourth-order valence-corrected chi connectivity index (χ4v) is 1.63. The van der Waals surface area contributed by atoms with Crippen molar-refractivity contribution in [3.63, 3.8) is 0 Å². The summed E-state index contributed by atoms with van der Waals surface area (Å²) in [6, 6.07) is 10.2. The molecule has 0 saturated heterocycles. The van der Waals surface area contributed by atoms with E-state index in [1.165, 1.54) is 12.3 Å². The molecule has 90 valence electrons. The minimum absolute atomic E-state index is 0.00282. The zero-order valence-electron chi connectivity index (χ0n) is 9.45. The molecule has 0 unspecified atom stereocenters. The summed E-state index contributed by atoms with van der Waals surface area (Å²) in [5.41, 5.74) is 0.800. The number of nitrogens with zero attached hydrogens (tertiary/aromatic N) is 2. The largest absolute Gasteiger partial charge is 0.294 e. The van der Waals surface area contributed by atoms with Crippen LogP contribution in [0.1, 0.15) is 15.9 Å². The van der Waals surface area contributed by atoms with Crippen molar-refractivity contribution in [1.29, 1.82) is 0 Å². The average Bonchev–Trinajstić information content (AvgIpc) is 2.40. The number of ketones is 1. The van der Waals surface area contributed by atoms with E-state index < -0.39 is 4.92 Å². The van der Waals surface area contributed by atoms with Crippen molar-refractivity contribution in [2.24, 2.45) is 0 Å². The van der Waals surface area contributed by atoms with Gasteiger partial charge in [0.2, 0.25) is 0 Å². The first-order valence-electron chi connectivity index (χ1n) is 5.34. The van der Waals surface area contributed by atoms with Gasteiger partial charge in [-0.05, 0) is 6.07 Å². The van der Waals surface area contributed by atoms with E-state index in [9.17, 15) is 14.9 Å². The molecule has 18 heavy (non-hydrogen) atoms. The van der Waals surface area contributed by atoms with Crippen LogP contribution in [0.2, 0.25) is 0 Å². The van der Waals surface area contributed by atoms with Crippen molar-refractivity contribution in [2.75, 3.05) is 0 Å². The van der Waals surface area contributed by atoms with Crippen LogP contribution in [-0.2, 0) is 6.42 Å². The number of hydrogen-bond donors (Lipinski definition) is 0. The third kappa shape index (κ3) is 2.57. The molecule has 0 aliphatic heterocycles. The predicted molar refractivity (Wildman–Crippen MR) is 65.4 cm³/mol. The molecular weight excluding hydrogens is 232 g/mol. The molecule has 0 N–H and O–H groups in total. The second-order valence-corrected chi connectivity index (χ2v) is 3.73. The Kier molecular flexibility index (Phi) is 3.43. The Morgan fingerprint density at radius 3 is 2.61 bits per heavy atom. The molecule has 1 heterocycles. The van der Waals surface area contributed by atoms with Crippen LogP contribution < -0.4 is 0 Å². The molecule has 0 amide bonds. The van der Waals surface area contributed by atoms with Crippen LogP contribution in [0.15, 0.2) is 48.8 Å². The van der Waals surface area contributed by atoms with Gasteiger partial charge in [-0.2, -0.15) is 0 Å². The van der Waals surface area contributed by atoms with Gasteiger partial charge in [-0.3, -0.25) is 19.9 Å². The van der Waals surface area contributed by atoms with E-state index in [1.807, 2.05) is 6.07 Å². The van der Waals surface area contributed by atoms with E-state index in [0.29, 0.717) is 11.1 Å². The topological polar surface area (TPSA) is 73.1 Å². The highest BCUT2D eigenvalue weighted by Gasteiger charge is 2.16. The monoisotopic (exact) mass is 242 g/mol. The Balaban J connectivity index is 2.25. The number of rotatable bonds is 4. The second-order valence-electron chi connectivity index (χ2n) is 3.73. The fourth-order valence-electron chi connectivity index (χ4n) is 1.63. The average molecular weight is 242 g/mol. The zero-order valence-corrected chi connectivity index (χ0v) is 9.45. The molecule has 2 aromatic rings. The van der Waals surface area contributed by atoms with Crippen LogP contribution in [0.5, 0.6) is 0 Å². The van der Waals surface area contributed by atoms with Crippen molar-refractivity contribution in [3.8, 4) is 0 Å². The molecule has 0 radical (unpaired) electrons. The van der Waals surface area contributed by atoms with E-state index >= 15 is 0 Å². The van der Waals surface area contributed by atoms with Crippen LogP contribution in [0, 0.1) is 10.1 Å². The molecule has 1 aromatic heterocycles. The van der Waals surface area contributed by atoms with Gasteiger partial charge in [-0.15, -0.1) is 0 Å². The number of carbonyl (C=O) groups excluding carboxylic acids is 1. The quantitative estimate of drug-likeness (QED) is 0.469. The van der Waals surface area contributed by atoms with Gasteiger partial charge in [-0.25, -0.2) is 0 Å². The Labute approximate surface area is 103 Å². The maximum Gasteiger partial charge on any atom is 0.291 e. The summed E-state index contributed by atoms with van der Waals surface area (Å²) in [5.74, 6) is -0.148. The van der Waals surface area contributed by atoms with Crippen molar-refractivity contribution in [1.82, 2.24) is 4.98 Å². The number of carbonyl (C=O) groups is 1. The molecule has 2 rings (SSSR count). The van der Waals surface area contributed by atoms with Gasteiger partial charge in [0, 0.05) is 23.7 Å². The summed E-state index contributed by atoms with van der Waals surface area (Å²) >= 11 is 0. The third-order valence-electron chi connectivity index (χ3n) is 2.53. The minimum Gasteiger partial charge on any atom is -0.294 e. The lowest BCUT2D eigenvalue weighted by Crippen LogP contribution is -2.06. The first kappa shape index (κ1) is 11.9. The Hall–Kier alpha value is -2.56. The molecule has 5 nitrogen and oxygen atoms in total. The fraction of sp³-hybridized carbons (Fsp3) is 0.0769. The van der Waals surface area contributed by atoms with E-state index in [4.69, 9.17) is 0 Å². The first-order chi connectivity index (χ1) is 8.68. The standard InChI is InChI=1S/C13H10N2O3/c16-13(10-4-2-1-3-5-10)8-11-6-7-14-9-12(11)15(17)18/h1-7,9H,8H2. The van der Waals surface area contributed by atoms with Crippen molar-refractivity contribution >= 4 is 11.5 Å². The summed E-state index contributed by atoms with van der Waals surface area (Å²) in [7, 11) is 0. The van der Waals surface area contributed by atoms with Gasteiger partial charge in [0.15, 0.2) is 5.78 Å². The van der Waals surface area contributed by atoms with E-state index in [2.05, 4.69) is 4.98 Å². The van der Waals surface area contributed by atoms with Crippen molar-refractivity contribution in [2.45, 2.75) is 6.42 Å². The highest BCUT2D eigenvalue weighted by molar-refractivity contribution is 5.97. The molecule has 0 bridgehead atoms. The Morgan fingerprint density at radius 1 is 1.22 bits per heavy atom. The Morgan fingerprint density at radius 2 is 1.94 bits per heavy atom. The summed E-state index contributed by atoms with van der Waals surface area (Å²) < 4.78 is 0. The lowest BCUT2D eigenvalue weighted by molar-refractivity contribution is -0.385. The van der Waals surface area contributed by atoms with Crippen LogP contribution in [-0.4, -0.2) is 15.7 Å². The summed E-state index contributed by atoms with van der Waals surface area (Å²) in [5, 5.41) is 10.8. The number of aromatic nitrogens is 1. The van der Waals surface area contributed by atoms with Gasteiger partial charge >= 0.3 is 0 Å². The summed E-state index contributed by atoms with van der Waals surface area (Å²) in [6.45, 7) is 0. The van der Waals surface area contributed by atoms with Gasteiger partial charge in [-0.1, -0.05) is 30.3 Å². The normalized spacial score (nSPS) is 10.0. The van der Waals surface area contributed by atoms with E-state index in [-0.39, 0.29) is 17.9 Å². The van der Waals surface area contributed by atoms with Crippen molar-refractivity contribution < 1.29 is 9.72 Å². The molecule has 0 fully saturated rings. The van der Waals surface area contributed by atoms with Gasteiger partial charge in [0.05, 0.1) is 4.92 Å². The number of pyridine rings is 1. The lowest BCUT2D eigenvalue weighted by atomic mass is 10.0. The maximum absolute atomic E-state index is 11.9. The molecular formula is C13H10N2O3. The van der Waals surface area contributed by atoms with Gasteiger partial charge < -0.3 is 0 Å². The van der Waals surface area contributed by atoms with Crippen LogP contribution in [0.4, 0.5) is 5.69 Å². The van der Waals surface area contributed by atoms with E-state index in [0.717, 1.165) is 6.20 Å². The SMILES string of the molecule is O=C(Cc1ccncc1[N+](=O)[O-])c1ccccc1. The first-order valence-corrected chi connectivity index (χ1v) is 5.34. The lowest BCUT2D eigenvalue weighted by Gasteiger charge is -2.02. The number of Topliss-reactive ketones (excluding diaryl/α,β-unsaturated/α-hetero) is 1. The molecule has 0 atom stereocenters. The predicted octanol–water partition coefficient (Wildman–Crippen LogP) is 2.42. The van der Waals surface area contributed by atoms with Crippen LogP contribution in [0.25, 0.3) is 0 Å². The minimum atomic E-state index is -0.527. The third-order valence-corrected chi connectivity index (χ3v) is 2.53.